The molecule has 1 aliphatic rings. The summed E-state index contributed by atoms with van der Waals surface area (Å²) in [6.07, 6.45) is 3.19. The molecule has 0 heterocycles. The maximum atomic E-state index is 12.5. The predicted octanol–water partition coefficient (Wildman–Crippen LogP) is 1.90. The third-order valence-corrected chi connectivity index (χ3v) is 4.21. The fourth-order valence-corrected chi connectivity index (χ4v) is 2.97. The highest BCUT2D eigenvalue weighted by Gasteiger charge is 2.32. The van der Waals surface area contributed by atoms with Crippen LogP contribution < -0.4 is 5.73 Å². The molecule has 1 aliphatic carbocycles. The Bertz CT molecular complexity index is 473. The van der Waals surface area contributed by atoms with Gasteiger partial charge in [-0.05, 0) is 43.9 Å². The number of para-hydroxylation sites is 1. The lowest BCUT2D eigenvalue weighted by Gasteiger charge is -2.29. The molecule has 3 N–H and O–H groups in total. The minimum absolute atomic E-state index is 0.0849. The van der Waals surface area contributed by atoms with Crippen molar-refractivity contribution < 1.29 is 9.90 Å². The van der Waals surface area contributed by atoms with Crippen LogP contribution in [0.1, 0.15) is 35.2 Å². The van der Waals surface area contributed by atoms with Gasteiger partial charge in [0.15, 0.2) is 0 Å². The standard InChI is InChI=1S/C15H22N2O2/c1-10-5-3-7-12(14(10)18)15(19)17(2)13-8-4-6-11(13)9-16/h3,5,7,11,13,18H,4,6,8-9,16H2,1-2H3. The average molecular weight is 262 g/mol. The van der Waals surface area contributed by atoms with Gasteiger partial charge in [0.25, 0.3) is 5.91 Å². The number of carbonyl (C=O) groups is 1. The summed E-state index contributed by atoms with van der Waals surface area (Å²) < 4.78 is 0. The monoisotopic (exact) mass is 262 g/mol. The average Bonchev–Trinajstić information content (AvgIpc) is 2.88. The van der Waals surface area contributed by atoms with Crippen molar-refractivity contribution in [2.45, 2.75) is 32.2 Å². The van der Waals surface area contributed by atoms with Crippen molar-refractivity contribution in [1.82, 2.24) is 4.90 Å². The van der Waals surface area contributed by atoms with Crippen LogP contribution in [0.5, 0.6) is 5.75 Å². The fraction of sp³-hybridized carbons (Fsp3) is 0.533. The van der Waals surface area contributed by atoms with Crippen LogP contribution in [0.4, 0.5) is 0 Å². The molecule has 4 nitrogen and oxygen atoms in total. The van der Waals surface area contributed by atoms with Gasteiger partial charge >= 0.3 is 0 Å². The number of nitrogens with zero attached hydrogens (tertiary/aromatic N) is 1. The Morgan fingerprint density at radius 2 is 2.21 bits per heavy atom. The predicted molar refractivity (Wildman–Crippen MR) is 75.1 cm³/mol. The molecule has 0 spiro atoms. The first-order valence-electron chi connectivity index (χ1n) is 6.82. The van der Waals surface area contributed by atoms with Crippen molar-refractivity contribution >= 4 is 5.91 Å². The fourth-order valence-electron chi connectivity index (χ4n) is 2.97. The van der Waals surface area contributed by atoms with Crippen LogP contribution in [-0.4, -0.2) is 35.5 Å². The van der Waals surface area contributed by atoms with Gasteiger partial charge in [-0.1, -0.05) is 18.6 Å². The molecule has 0 bridgehead atoms. The van der Waals surface area contributed by atoms with E-state index in [1.807, 2.05) is 7.05 Å². The summed E-state index contributed by atoms with van der Waals surface area (Å²) in [5, 5.41) is 10.0. The summed E-state index contributed by atoms with van der Waals surface area (Å²) in [6, 6.07) is 5.46. The number of amides is 1. The van der Waals surface area contributed by atoms with Gasteiger partial charge in [0, 0.05) is 13.1 Å². The maximum absolute atomic E-state index is 12.5. The molecule has 1 aromatic carbocycles. The molecule has 0 aliphatic heterocycles. The summed E-state index contributed by atoms with van der Waals surface area (Å²) in [6.45, 7) is 2.41. The van der Waals surface area contributed by atoms with Crippen molar-refractivity contribution in [3.63, 3.8) is 0 Å². The molecule has 2 atom stereocenters. The van der Waals surface area contributed by atoms with Crippen molar-refractivity contribution in [3.05, 3.63) is 29.3 Å². The Hall–Kier alpha value is -1.55. The number of hydrogen-bond donors (Lipinski definition) is 2. The smallest absolute Gasteiger partial charge is 0.257 e. The van der Waals surface area contributed by atoms with E-state index in [4.69, 9.17) is 5.73 Å². The van der Waals surface area contributed by atoms with Crippen molar-refractivity contribution in [1.29, 1.82) is 0 Å². The number of aryl methyl sites for hydroxylation is 1. The molecule has 1 aromatic rings. The molecule has 19 heavy (non-hydrogen) atoms. The van der Waals surface area contributed by atoms with Crippen LogP contribution in [0.25, 0.3) is 0 Å². The Morgan fingerprint density at radius 3 is 2.89 bits per heavy atom. The number of benzene rings is 1. The van der Waals surface area contributed by atoms with Gasteiger partial charge in [-0.15, -0.1) is 0 Å². The van der Waals surface area contributed by atoms with E-state index in [0.717, 1.165) is 24.8 Å². The molecule has 2 unspecified atom stereocenters. The third kappa shape index (κ3) is 2.59. The van der Waals surface area contributed by atoms with Crippen LogP contribution in [-0.2, 0) is 0 Å². The minimum Gasteiger partial charge on any atom is -0.507 e. The van der Waals surface area contributed by atoms with E-state index < -0.39 is 0 Å². The summed E-state index contributed by atoms with van der Waals surface area (Å²) in [7, 11) is 1.81. The second kappa shape index (κ2) is 5.61. The number of aromatic hydroxyl groups is 1. The zero-order valence-electron chi connectivity index (χ0n) is 11.6. The SMILES string of the molecule is Cc1cccc(C(=O)N(C)C2CCCC2CN)c1O. The van der Waals surface area contributed by atoms with E-state index in [1.54, 1.807) is 30.0 Å². The molecule has 2 rings (SSSR count). The first-order valence-corrected chi connectivity index (χ1v) is 6.82. The quantitative estimate of drug-likeness (QED) is 0.874. The Balaban J connectivity index is 2.21. The molecule has 1 amide bonds. The van der Waals surface area contributed by atoms with E-state index >= 15 is 0 Å². The number of nitrogens with two attached hydrogens (primary N) is 1. The molecule has 0 saturated heterocycles. The van der Waals surface area contributed by atoms with Crippen molar-refractivity contribution in [2.75, 3.05) is 13.6 Å². The molecule has 0 radical (unpaired) electrons. The highest BCUT2D eigenvalue weighted by atomic mass is 16.3. The second-order valence-electron chi connectivity index (χ2n) is 5.38. The Labute approximate surface area is 114 Å². The summed E-state index contributed by atoms with van der Waals surface area (Å²) in [5.41, 5.74) is 6.87. The highest BCUT2D eigenvalue weighted by Crippen LogP contribution is 2.31. The van der Waals surface area contributed by atoms with Gasteiger partial charge in [0.2, 0.25) is 0 Å². The molecule has 4 heteroatoms. The normalized spacial score (nSPS) is 22.5. The Morgan fingerprint density at radius 1 is 1.47 bits per heavy atom. The van der Waals surface area contributed by atoms with Crippen LogP contribution in [0.3, 0.4) is 0 Å². The lowest BCUT2D eigenvalue weighted by atomic mass is 10.0. The second-order valence-corrected chi connectivity index (χ2v) is 5.38. The van der Waals surface area contributed by atoms with E-state index in [1.165, 1.54) is 0 Å². The summed E-state index contributed by atoms with van der Waals surface area (Å²) in [4.78, 5) is 14.2. The molecular weight excluding hydrogens is 240 g/mol. The highest BCUT2D eigenvalue weighted by molar-refractivity contribution is 5.97. The van der Waals surface area contributed by atoms with Crippen molar-refractivity contribution in [2.24, 2.45) is 11.7 Å². The molecule has 0 aromatic heterocycles. The lowest BCUT2D eigenvalue weighted by Crippen LogP contribution is -2.41. The lowest BCUT2D eigenvalue weighted by molar-refractivity contribution is 0.0696. The van der Waals surface area contributed by atoms with E-state index in [-0.39, 0.29) is 17.7 Å². The van der Waals surface area contributed by atoms with Gasteiger partial charge in [-0.2, -0.15) is 0 Å². The molecule has 1 fully saturated rings. The molecule has 104 valence electrons. The van der Waals surface area contributed by atoms with Gasteiger partial charge in [0.1, 0.15) is 5.75 Å². The number of hydrogen-bond acceptors (Lipinski definition) is 3. The van der Waals surface area contributed by atoms with Crippen molar-refractivity contribution in [3.8, 4) is 5.75 Å². The van der Waals surface area contributed by atoms with Gasteiger partial charge in [0.05, 0.1) is 5.56 Å². The minimum atomic E-state index is -0.119. The Kier molecular flexibility index (Phi) is 4.10. The molecule has 1 saturated carbocycles. The largest absolute Gasteiger partial charge is 0.507 e. The number of rotatable bonds is 3. The zero-order valence-corrected chi connectivity index (χ0v) is 11.6. The van der Waals surface area contributed by atoms with Crippen LogP contribution in [0, 0.1) is 12.8 Å². The topological polar surface area (TPSA) is 66.6 Å². The number of carbonyl (C=O) groups excluding carboxylic acids is 1. The maximum Gasteiger partial charge on any atom is 0.257 e. The van der Waals surface area contributed by atoms with Crippen LogP contribution in [0.2, 0.25) is 0 Å². The molecular formula is C15H22N2O2. The third-order valence-electron chi connectivity index (χ3n) is 4.21. The van der Waals surface area contributed by atoms with Gasteiger partial charge in [-0.3, -0.25) is 4.79 Å². The van der Waals surface area contributed by atoms with E-state index in [0.29, 0.717) is 18.0 Å². The van der Waals surface area contributed by atoms with Gasteiger partial charge in [-0.25, -0.2) is 0 Å². The number of phenols is 1. The van der Waals surface area contributed by atoms with E-state index in [9.17, 15) is 9.90 Å². The summed E-state index contributed by atoms with van der Waals surface area (Å²) in [5.74, 6) is 0.342. The van der Waals surface area contributed by atoms with Crippen LogP contribution >= 0.6 is 0 Å². The van der Waals surface area contributed by atoms with Gasteiger partial charge < -0.3 is 15.7 Å². The van der Waals surface area contributed by atoms with Crippen LogP contribution in [0.15, 0.2) is 18.2 Å². The summed E-state index contributed by atoms with van der Waals surface area (Å²) >= 11 is 0. The first kappa shape index (κ1) is 13.9. The first-order chi connectivity index (χ1) is 9.06. The zero-order chi connectivity index (χ0) is 14.0. The van der Waals surface area contributed by atoms with E-state index in [2.05, 4.69) is 0 Å². The number of phenolic OH excluding ortho intramolecular Hbond substituents is 1.